The van der Waals surface area contributed by atoms with E-state index in [4.69, 9.17) is 9.26 Å². The zero-order chi connectivity index (χ0) is 28.1. The number of aryl methyl sites for hydroxylation is 1. The van der Waals surface area contributed by atoms with Gasteiger partial charge in [0.05, 0.1) is 34.6 Å². The predicted molar refractivity (Wildman–Crippen MR) is 151 cm³/mol. The van der Waals surface area contributed by atoms with Crippen molar-refractivity contribution >= 4 is 23.2 Å². The highest BCUT2D eigenvalue weighted by molar-refractivity contribution is 7.13. The largest absolute Gasteiger partial charge is 0.474 e. The van der Waals surface area contributed by atoms with Gasteiger partial charge in [-0.25, -0.2) is 4.98 Å². The van der Waals surface area contributed by atoms with Crippen LogP contribution in [0.2, 0.25) is 0 Å². The zero-order valence-corrected chi connectivity index (χ0v) is 23.9. The Balaban J connectivity index is 1.10. The molecule has 40 heavy (non-hydrogen) atoms. The van der Waals surface area contributed by atoms with Gasteiger partial charge in [-0.15, -0.1) is 11.3 Å². The number of aliphatic hydroxyl groups is 1. The van der Waals surface area contributed by atoms with Crippen LogP contribution in [0.15, 0.2) is 40.4 Å². The fraction of sp³-hybridized carbons (Fsp3) is 0.517. The van der Waals surface area contributed by atoms with Crippen molar-refractivity contribution in [3.63, 3.8) is 0 Å². The van der Waals surface area contributed by atoms with Crippen molar-refractivity contribution in [1.29, 1.82) is 0 Å². The van der Waals surface area contributed by atoms with Gasteiger partial charge in [-0.2, -0.15) is 0 Å². The number of nitrogens with zero attached hydrogens (tertiary/aromatic N) is 4. The Morgan fingerprint density at radius 2 is 1.98 bits per heavy atom. The first-order valence-corrected chi connectivity index (χ1v) is 14.8. The molecule has 3 aromatic rings. The minimum absolute atomic E-state index is 0.0260. The molecule has 2 saturated heterocycles. The Kier molecular flexibility index (Phi) is 9.13. The number of amides is 2. The molecule has 214 valence electrons. The van der Waals surface area contributed by atoms with Crippen LogP contribution in [-0.4, -0.2) is 81.8 Å². The highest BCUT2D eigenvalue weighted by atomic mass is 32.1. The van der Waals surface area contributed by atoms with Gasteiger partial charge in [-0.05, 0) is 55.8 Å². The molecule has 0 saturated carbocycles. The summed E-state index contributed by atoms with van der Waals surface area (Å²) >= 11 is 1.61. The van der Waals surface area contributed by atoms with Crippen LogP contribution >= 0.6 is 11.3 Å². The van der Waals surface area contributed by atoms with E-state index in [0.29, 0.717) is 31.2 Å². The van der Waals surface area contributed by atoms with E-state index >= 15 is 0 Å². The van der Waals surface area contributed by atoms with Gasteiger partial charge in [0.1, 0.15) is 18.4 Å². The number of hydrogen-bond donors (Lipinski definition) is 2. The minimum Gasteiger partial charge on any atom is -0.474 e. The van der Waals surface area contributed by atoms with Crippen LogP contribution in [-0.2, 0) is 16.0 Å². The summed E-state index contributed by atoms with van der Waals surface area (Å²) in [6.07, 6.45) is 2.80. The van der Waals surface area contributed by atoms with Crippen molar-refractivity contribution in [2.45, 2.75) is 64.1 Å². The van der Waals surface area contributed by atoms with Crippen molar-refractivity contribution in [1.82, 2.24) is 25.3 Å². The summed E-state index contributed by atoms with van der Waals surface area (Å²) in [7, 11) is 0. The molecule has 1 aromatic carbocycles. The number of aliphatic hydroxyl groups excluding tert-OH is 1. The molecule has 5 rings (SSSR count). The molecule has 11 heteroatoms. The van der Waals surface area contributed by atoms with E-state index in [1.807, 2.05) is 31.5 Å². The molecule has 2 aromatic heterocycles. The number of thiazole rings is 1. The molecule has 4 heterocycles. The Bertz CT molecular complexity index is 1280. The highest BCUT2D eigenvalue weighted by Crippen LogP contribution is 2.28. The maximum Gasteiger partial charge on any atom is 0.254 e. The lowest BCUT2D eigenvalue weighted by molar-refractivity contribution is -0.138. The van der Waals surface area contributed by atoms with E-state index in [0.717, 1.165) is 60.6 Å². The minimum atomic E-state index is -0.504. The molecule has 10 nitrogen and oxygen atoms in total. The molecule has 0 bridgehead atoms. The summed E-state index contributed by atoms with van der Waals surface area (Å²) in [5, 5.41) is 16.7. The topological polar surface area (TPSA) is 121 Å². The number of carbonyl (C=O) groups excluding carboxylic acids is 2. The first kappa shape index (κ1) is 28.3. The van der Waals surface area contributed by atoms with E-state index in [2.05, 4.69) is 32.5 Å². The molecule has 2 unspecified atom stereocenters. The molecule has 2 atom stereocenters. The lowest BCUT2D eigenvalue weighted by Crippen LogP contribution is -2.47. The van der Waals surface area contributed by atoms with Crippen LogP contribution in [0.3, 0.4) is 0 Å². The second-order valence-corrected chi connectivity index (χ2v) is 11.4. The van der Waals surface area contributed by atoms with Gasteiger partial charge in [-0.3, -0.25) is 14.5 Å². The summed E-state index contributed by atoms with van der Waals surface area (Å²) in [6, 6.07) is 9.11. The molecule has 2 amide bonds. The van der Waals surface area contributed by atoms with Crippen LogP contribution in [0.25, 0.3) is 10.4 Å². The van der Waals surface area contributed by atoms with Crippen molar-refractivity contribution in [3.05, 3.63) is 52.9 Å². The average molecular weight is 568 g/mol. The second kappa shape index (κ2) is 12.9. The normalized spacial score (nSPS) is 19.1. The number of piperidine rings is 1. The number of likely N-dealkylation sites (tertiary alicyclic amines) is 2. The third-order valence-electron chi connectivity index (χ3n) is 7.73. The lowest BCUT2D eigenvalue weighted by Gasteiger charge is -2.28. The maximum absolute atomic E-state index is 13.2. The number of aromatic nitrogens is 2. The standard InChI is InChI=1S/C29H37N5O5S/c1-19(21-5-7-22(8-6-21)28-20(2)30-18-40-28)31-29(37)25-4-3-11-34(25)27(36)17-24-16-26(32-39-24)38-15-14-33-12-9-23(35)10-13-33/h5-8,16,18-19,23,25,35H,3-4,9-15,17H2,1-2H3,(H,31,37). The van der Waals surface area contributed by atoms with Crippen molar-refractivity contribution in [3.8, 4) is 16.3 Å². The van der Waals surface area contributed by atoms with Crippen LogP contribution < -0.4 is 10.1 Å². The van der Waals surface area contributed by atoms with Crippen LogP contribution in [0.4, 0.5) is 0 Å². The van der Waals surface area contributed by atoms with E-state index < -0.39 is 6.04 Å². The maximum atomic E-state index is 13.2. The van der Waals surface area contributed by atoms with Crippen LogP contribution in [0, 0.1) is 6.92 Å². The molecular formula is C29H37N5O5S. The summed E-state index contributed by atoms with van der Waals surface area (Å²) < 4.78 is 11.0. The van der Waals surface area contributed by atoms with Crippen LogP contribution in [0.1, 0.15) is 55.7 Å². The Labute approximate surface area is 238 Å². The predicted octanol–water partition coefficient (Wildman–Crippen LogP) is 3.35. The fourth-order valence-corrected chi connectivity index (χ4v) is 6.16. The summed E-state index contributed by atoms with van der Waals surface area (Å²) in [5.41, 5.74) is 4.96. The smallest absolute Gasteiger partial charge is 0.254 e. The fourth-order valence-electron chi connectivity index (χ4n) is 5.35. The van der Waals surface area contributed by atoms with Gasteiger partial charge in [0.2, 0.25) is 11.8 Å². The number of rotatable bonds is 10. The molecule has 2 fully saturated rings. The number of benzene rings is 1. The van der Waals surface area contributed by atoms with Gasteiger partial charge in [0, 0.05) is 32.2 Å². The van der Waals surface area contributed by atoms with Crippen molar-refractivity contribution < 1.29 is 24.0 Å². The quantitative estimate of drug-likeness (QED) is 0.383. The Morgan fingerprint density at radius 3 is 2.70 bits per heavy atom. The Hall–Kier alpha value is -3.28. The summed E-state index contributed by atoms with van der Waals surface area (Å²) in [6.45, 7) is 7.39. The molecule has 2 N–H and O–H groups in total. The van der Waals surface area contributed by atoms with Gasteiger partial charge in [-0.1, -0.05) is 24.3 Å². The lowest BCUT2D eigenvalue weighted by atomic mass is 10.0. The van der Waals surface area contributed by atoms with Gasteiger partial charge in [0.15, 0.2) is 0 Å². The first-order valence-electron chi connectivity index (χ1n) is 14.0. The third kappa shape index (κ3) is 6.89. The molecule has 0 aliphatic carbocycles. The van der Waals surface area contributed by atoms with Gasteiger partial charge in [0.25, 0.3) is 5.88 Å². The van der Waals surface area contributed by atoms with Gasteiger partial charge < -0.3 is 24.6 Å². The number of carbonyl (C=O) groups is 2. The van der Waals surface area contributed by atoms with E-state index in [-0.39, 0.29) is 30.4 Å². The molecule has 0 radical (unpaired) electrons. The van der Waals surface area contributed by atoms with E-state index in [9.17, 15) is 14.7 Å². The summed E-state index contributed by atoms with van der Waals surface area (Å²) in [5.74, 6) is 0.453. The number of nitrogens with one attached hydrogen (secondary N) is 1. The van der Waals surface area contributed by atoms with E-state index in [1.54, 1.807) is 22.3 Å². The number of hydrogen-bond acceptors (Lipinski definition) is 9. The molecule has 2 aliphatic heterocycles. The van der Waals surface area contributed by atoms with Crippen molar-refractivity contribution in [2.75, 3.05) is 32.8 Å². The second-order valence-electron chi connectivity index (χ2n) is 10.6. The molecule has 2 aliphatic rings. The zero-order valence-electron chi connectivity index (χ0n) is 23.0. The third-order valence-corrected chi connectivity index (χ3v) is 8.71. The van der Waals surface area contributed by atoms with E-state index in [1.165, 1.54) is 0 Å². The SMILES string of the molecule is Cc1ncsc1-c1ccc(C(C)NC(=O)C2CCCN2C(=O)Cc2cc(OCCN3CCC(O)CC3)no2)cc1. The van der Waals surface area contributed by atoms with Crippen LogP contribution in [0.5, 0.6) is 5.88 Å². The summed E-state index contributed by atoms with van der Waals surface area (Å²) in [4.78, 5) is 35.6. The first-order chi connectivity index (χ1) is 19.4. The van der Waals surface area contributed by atoms with Crippen molar-refractivity contribution in [2.24, 2.45) is 0 Å². The average Bonchev–Trinajstić information content (AvgIpc) is 3.71. The molecular weight excluding hydrogens is 530 g/mol. The number of ether oxygens (including phenoxy) is 1. The van der Waals surface area contributed by atoms with Gasteiger partial charge >= 0.3 is 0 Å². The molecule has 0 spiro atoms. The highest BCUT2D eigenvalue weighted by Gasteiger charge is 2.35. The monoisotopic (exact) mass is 567 g/mol. The Morgan fingerprint density at radius 1 is 1.20 bits per heavy atom.